The minimum Gasteiger partial charge on any atom is -0.508 e. The molecule has 1 amide bonds. The number of aromatic nitrogens is 1. The van der Waals surface area contributed by atoms with E-state index in [1.165, 1.54) is 7.11 Å². The minimum absolute atomic E-state index is 0.0725. The van der Waals surface area contributed by atoms with Gasteiger partial charge in [-0.3, -0.25) is 9.69 Å². The molecule has 1 aromatic heterocycles. The fourth-order valence-corrected chi connectivity index (χ4v) is 5.66. The number of phenolic OH excluding ortho intramolecular Hbond substituents is 1. The molecule has 7 nitrogen and oxygen atoms in total. The van der Waals surface area contributed by atoms with E-state index in [-0.39, 0.29) is 22.9 Å². The monoisotopic (exact) mass is 492 g/mol. The second kappa shape index (κ2) is 8.27. The second-order valence-electron chi connectivity index (χ2n) is 10.9. The van der Waals surface area contributed by atoms with Crippen LogP contribution in [0.15, 0.2) is 48.8 Å². The maximum absolute atomic E-state index is 15.6. The van der Waals surface area contributed by atoms with E-state index in [1.807, 2.05) is 17.9 Å². The summed E-state index contributed by atoms with van der Waals surface area (Å²) in [5.41, 5.74) is 1.88. The summed E-state index contributed by atoms with van der Waals surface area (Å²) in [6, 6.07) is 9.89. The lowest BCUT2D eigenvalue weighted by molar-refractivity contribution is -0.133. The molecule has 2 aliphatic heterocycles. The van der Waals surface area contributed by atoms with Gasteiger partial charge in [-0.2, -0.15) is 0 Å². The molecule has 5 rings (SSSR count). The van der Waals surface area contributed by atoms with E-state index in [0.717, 1.165) is 16.8 Å². The van der Waals surface area contributed by atoms with Crippen LogP contribution in [-0.2, 0) is 11.2 Å². The molecule has 0 radical (unpaired) electrons. The molecule has 3 N–H and O–H groups in total. The number of fused-ring (bicyclic) bond motifs is 4. The Kier molecular flexibility index (Phi) is 5.55. The van der Waals surface area contributed by atoms with Crippen LogP contribution in [0.1, 0.15) is 50.6 Å². The van der Waals surface area contributed by atoms with Gasteiger partial charge in [0.15, 0.2) is 11.6 Å². The third-order valence-corrected chi connectivity index (χ3v) is 7.28. The fourth-order valence-electron chi connectivity index (χ4n) is 5.66. The minimum atomic E-state index is -0.980. The van der Waals surface area contributed by atoms with Crippen LogP contribution in [0.3, 0.4) is 0 Å². The first kappa shape index (κ1) is 24.2. The van der Waals surface area contributed by atoms with Crippen molar-refractivity contribution < 1.29 is 19.0 Å². The van der Waals surface area contributed by atoms with E-state index in [9.17, 15) is 9.90 Å². The molecule has 36 heavy (non-hydrogen) atoms. The van der Waals surface area contributed by atoms with Crippen molar-refractivity contribution in [3.8, 4) is 11.5 Å². The molecule has 3 aromatic rings. The smallest absolute Gasteiger partial charge is 0.254 e. The molecule has 0 spiro atoms. The average molecular weight is 493 g/mol. The molecule has 1 saturated heterocycles. The van der Waals surface area contributed by atoms with Crippen LogP contribution in [-0.4, -0.2) is 57.1 Å². The number of H-pyrrole nitrogens is 1. The van der Waals surface area contributed by atoms with Gasteiger partial charge in [0.05, 0.1) is 13.2 Å². The lowest BCUT2D eigenvalue weighted by Gasteiger charge is -2.44. The van der Waals surface area contributed by atoms with Crippen LogP contribution in [0.5, 0.6) is 11.5 Å². The molecular weight excluding hydrogens is 459 g/mol. The van der Waals surface area contributed by atoms with Crippen molar-refractivity contribution in [2.75, 3.05) is 20.2 Å². The normalized spacial score (nSPS) is 21.8. The summed E-state index contributed by atoms with van der Waals surface area (Å²) in [4.78, 5) is 21.1. The number of benzene rings is 2. The Balaban J connectivity index is 1.67. The SMILES string of the molecule is C=C1N(CCNC(C)(C)C)C(=O)[C@]2(C)Cc3c([nH]c4ccc(OC)c(F)c34)[C@@H](c3cccc(O)c3)N12. The summed E-state index contributed by atoms with van der Waals surface area (Å²) in [6.45, 7) is 13.5. The van der Waals surface area contributed by atoms with Crippen molar-refractivity contribution in [3.05, 3.63) is 71.4 Å². The van der Waals surface area contributed by atoms with Gasteiger partial charge in [0.1, 0.15) is 17.1 Å². The Bertz CT molecular complexity index is 1380. The van der Waals surface area contributed by atoms with Crippen molar-refractivity contribution >= 4 is 16.8 Å². The van der Waals surface area contributed by atoms with Crippen molar-refractivity contribution in [3.63, 3.8) is 0 Å². The third kappa shape index (κ3) is 3.63. The van der Waals surface area contributed by atoms with Crippen LogP contribution in [0.2, 0.25) is 0 Å². The zero-order valence-electron chi connectivity index (χ0n) is 21.4. The van der Waals surface area contributed by atoms with Gasteiger partial charge in [0, 0.05) is 41.6 Å². The number of carbonyl (C=O) groups is 1. The first-order valence-electron chi connectivity index (χ1n) is 12.2. The maximum Gasteiger partial charge on any atom is 0.254 e. The molecule has 1 fully saturated rings. The van der Waals surface area contributed by atoms with Crippen molar-refractivity contribution in [2.45, 2.75) is 51.2 Å². The van der Waals surface area contributed by atoms with E-state index < -0.39 is 17.4 Å². The number of aromatic amines is 1. The first-order valence-corrected chi connectivity index (χ1v) is 12.2. The number of rotatable bonds is 5. The number of amides is 1. The van der Waals surface area contributed by atoms with E-state index in [1.54, 1.807) is 35.2 Å². The first-order chi connectivity index (χ1) is 17.0. The Morgan fingerprint density at radius 2 is 2.06 bits per heavy atom. The Hall–Kier alpha value is -3.52. The van der Waals surface area contributed by atoms with Gasteiger partial charge in [-0.1, -0.05) is 18.7 Å². The zero-order valence-corrected chi connectivity index (χ0v) is 21.4. The quantitative estimate of drug-likeness (QED) is 0.491. The number of aromatic hydroxyl groups is 1. The molecule has 2 atom stereocenters. The van der Waals surface area contributed by atoms with Crippen LogP contribution >= 0.6 is 0 Å². The summed E-state index contributed by atoms with van der Waals surface area (Å²) in [5, 5.41) is 14.2. The second-order valence-corrected chi connectivity index (χ2v) is 10.9. The van der Waals surface area contributed by atoms with E-state index in [2.05, 4.69) is 37.7 Å². The highest BCUT2D eigenvalue weighted by Gasteiger charge is 2.57. The van der Waals surface area contributed by atoms with Gasteiger partial charge in [-0.05, 0) is 63.1 Å². The van der Waals surface area contributed by atoms with Crippen molar-refractivity contribution in [1.29, 1.82) is 0 Å². The van der Waals surface area contributed by atoms with Gasteiger partial charge in [-0.25, -0.2) is 4.39 Å². The number of hydrogen-bond acceptors (Lipinski definition) is 5. The number of hydrogen-bond donors (Lipinski definition) is 3. The molecule has 0 saturated carbocycles. The van der Waals surface area contributed by atoms with Gasteiger partial charge in [-0.15, -0.1) is 0 Å². The summed E-state index contributed by atoms with van der Waals surface area (Å²) in [6.07, 6.45) is 0.308. The van der Waals surface area contributed by atoms with Crippen LogP contribution < -0.4 is 10.1 Å². The molecule has 8 heteroatoms. The summed E-state index contributed by atoms with van der Waals surface area (Å²) in [7, 11) is 1.44. The number of nitrogens with one attached hydrogen (secondary N) is 2. The van der Waals surface area contributed by atoms with E-state index >= 15 is 4.39 Å². The van der Waals surface area contributed by atoms with Crippen LogP contribution in [0.4, 0.5) is 4.39 Å². The highest BCUT2D eigenvalue weighted by molar-refractivity contribution is 5.94. The highest BCUT2D eigenvalue weighted by Crippen LogP contribution is 2.51. The number of halogens is 1. The van der Waals surface area contributed by atoms with Gasteiger partial charge in [0.25, 0.3) is 5.91 Å². The molecule has 190 valence electrons. The predicted octanol–water partition coefficient (Wildman–Crippen LogP) is 4.43. The Morgan fingerprint density at radius 1 is 1.31 bits per heavy atom. The lowest BCUT2D eigenvalue weighted by Crippen LogP contribution is -2.52. The number of ether oxygens (including phenoxy) is 1. The molecular formula is C28H33FN4O3. The predicted molar refractivity (Wildman–Crippen MR) is 137 cm³/mol. The third-order valence-electron chi connectivity index (χ3n) is 7.28. The van der Waals surface area contributed by atoms with Crippen molar-refractivity contribution in [1.82, 2.24) is 20.1 Å². The van der Waals surface area contributed by atoms with Gasteiger partial charge in [0.2, 0.25) is 0 Å². The molecule has 0 unspecified atom stereocenters. The molecule has 2 aromatic carbocycles. The largest absolute Gasteiger partial charge is 0.508 e. The van der Waals surface area contributed by atoms with E-state index in [4.69, 9.17) is 4.74 Å². The summed E-state index contributed by atoms with van der Waals surface area (Å²) >= 11 is 0. The number of phenols is 1. The zero-order chi connectivity index (χ0) is 26.0. The molecule has 0 bridgehead atoms. The molecule has 0 aliphatic carbocycles. The Morgan fingerprint density at radius 3 is 2.72 bits per heavy atom. The van der Waals surface area contributed by atoms with Crippen molar-refractivity contribution in [2.24, 2.45) is 0 Å². The topological polar surface area (TPSA) is 80.8 Å². The number of carbonyl (C=O) groups excluding carboxylic acids is 1. The standard InChI is InChI=1S/C28H33FN4O3/c1-16-32(13-12-30-27(2,3)4)26(35)28(5)15-19-22-20(10-11-21(36-6)23(22)29)31-24(19)25(33(16)28)17-8-7-9-18(34)14-17/h7-11,14,25,30-31,34H,1,12-13,15H2,2-6H3/t25-,28+/m1/s1. The van der Waals surface area contributed by atoms with Crippen LogP contribution in [0.25, 0.3) is 10.9 Å². The molecule has 2 aliphatic rings. The molecule has 3 heterocycles. The summed E-state index contributed by atoms with van der Waals surface area (Å²) < 4.78 is 20.8. The van der Waals surface area contributed by atoms with Gasteiger partial charge >= 0.3 is 0 Å². The van der Waals surface area contributed by atoms with E-state index in [0.29, 0.717) is 36.2 Å². The Labute approximate surface area is 210 Å². The average Bonchev–Trinajstić information content (AvgIpc) is 3.25. The lowest BCUT2D eigenvalue weighted by atomic mass is 9.81. The number of methoxy groups -OCH3 is 1. The highest BCUT2D eigenvalue weighted by atomic mass is 19.1. The van der Waals surface area contributed by atoms with Crippen LogP contribution in [0, 0.1) is 5.82 Å². The number of nitrogens with zero attached hydrogens (tertiary/aromatic N) is 2. The summed E-state index contributed by atoms with van der Waals surface area (Å²) in [5.74, 6) is 0.343. The fraction of sp³-hybridized carbons (Fsp3) is 0.393. The van der Waals surface area contributed by atoms with Gasteiger partial charge < -0.3 is 25.0 Å². The maximum atomic E-state index is 15.6.